The maximum atomic E-state index is 4.54. The van der Waals surface area contributed by atoms with Crippen molar-refractivity contribution in [1.82, 2.24) is 14.7 Å². The first-order valence-electron chi connectivity index (χ1n) is 7.97. The molecule has 1 fully saturated rings. The van der Waals surface area contributed by atoms with Crippen molar-refractivity contribution in [2.24, 2.45) is 4.99 Å². The molecule has 22 heavy (non-hydrogen) atoms. The van der Waals surface area contributed by atoms with Crippen molar-refractivity contribution in [3.8, 4) is 0 Å². The molecule has 2 unspecified atom stereocenters. The van der Waals surface area contributed by atoms with Gasteiger partial charge in [0.15, 0.2) is 0 Å². The van der Waals surface area contributed by atoms with Crippen molar-refractivity contribution in [2.75, 3.05) is 39.8 Å². The van der Waals surface area contributed by atoms with Gasteiger partial charge in [0.1, 0.15) is 0 Å². The summed E-state index contributed by atoms with van der Waals surface area (Å²) in [6.07, 6.45) is 5.68. The summed E-state index contributed by atoms with van der Waals surface area (Å²) in [7, 11) is 2.21. The van der Waals surface area contributed by atoms with Crippen molar-refractivity contribution in [2.45, 2.75) is 12.6 Å². The molecular weight excluding hydrogens is 335 g/mol. The van der Waals surface area contributed by atoms with E-state index in [2.05, 4.69) is 63.1 Å². The van der Waals surface area contributed by atoms with Crippen LogP contribution < -0.4 is 0 Å². The van der Waals surface area contributed by atoms with Crippen LogP contribution in [0, 0.1) is 0 Å². The number of piperazine rings is 1. The van der Waals surface area contributed by atoms with Gasteiger partial charge >= 0.3 is 142 Å². The summed E-state index contributed by atoms with van der Waals surface area (Å²) in [5, 5.41) is 0. The van der Waals surface area contributed by atoms with Crippen LogP contribution in [0.4, 0.5) is 0 Å². The van der Waals surface area contributed by atoms with Crippen LogP contribution >= 0.6 is 0 Å². The second-order valence-electron chi connectivity index (χ2n) is 6.01. The second kappa shape index (κ2) is 7.45. The van der Waals surface area contributed by atoms with Crippen molar-refractivity contribution < 1.29 is 0 Å². The molecule has 118 valence electrons. The van der Waals surface area contributed by atoms with E-state index < -0.39 is 0 Å². The molecule has 2 heterocycles. The third-order valence-corrected chi connectivity index (χ3v) is 5.48. The molecule has 0 bridgehead atoms. The summed E-state index contributed by atoms with van der Waals surface area (Å²) >= 11 is 1.62. The number of likely N-dealkylation sites (N-methyl/N-ethyl adjacent to an activating group) is 1. The number of amidine groups is 1. The monoisotopic (exact) mass is 360 g/mol. The SMILES string of the molecule is CN1CCN(C2C=CN=C([AsH2])N2CCc2ccccc2)CC1. The van der Waals surface area contributed by atoms with Gasteiger partial charge in [-0.05, 0) is 0 Å². The van der Waals surface area contributed by atoms with E-state index in [-0.39, 0.29) is 0 Å². The zero-order chi connectivity index (χ0) is 15.4. The van der Waals surface area contributed by atoms with Gasteiger partial charge in [-0.3, -0.25) is 0 Å². The Balaban J connectivity index is 1.66. The normalized spacial score (nSPS) is 23.6. The first kappa shape index (κ1) is 15.8. The van der Waals surface area contributed by atoms with Crippen molar-refractivity contribution >= 4 is 21.5 Å². The molecule has 2 aliphatic heterocycles. The van der Waals surface area contributed by atoms with Gasteiger partial charge in [0.25, 0.3) is 0 Å². The number of hydrogen-bond donors (Lipinski definition) is 0. The third-order valence-electron chi connectivity index (χ3n) is 4.47. The van der Waals surface area contributed by atoms with Crippen LogP contribution in [0.25, 0.3) is 0 Å². The van der Waals surface area contributed by atoms with E-state index in [1.165, 1.54) is 10.2 Å². The summed E-state index contributed by atoms with van der Waals surface area (Å²) in [4.78, 5) is 12.0. The molecule has 0 saturated carbocycles. The molecule has 3 rings (SSSR count). The number of benzene rings is 1. The Hall–Kier alpha value is -1.09. The van der Waals surface area contributed by atoms with Gasteiger partial charge in [-0.2, -0.15) is 0 Å². The van der Waals surface area contributed by atoms with Gasteiger partial charge in [0.2, 0.25) is 0 Å². The molecule has 0 N–H and O–H groups in total. The standard InChI is InChI=1S/C17H25AsN4/c1-20-11-13-21(14-12-20)16-7-9-19-17(18)22(16)10-8-15-5-3-2-4-6-15/h2-7,9,16H,8,10-14,18H2,1H3. The first-order valence-corrected chi connectivity index (χ1v) is 9.18. The Bertz CT molecular complexity index is 535. The fraction of sp³-hybridized carbons (Fsp3) is 0.471. The zero-order valence-corrected chi connectivity index (χ0v) is 15.7. The first-order chi connectivity index (χ1) is 10.7. The minimum atomic E-state index is 0.372. The van der Waals surface area contributed by atoms with E-state index >= 15 is 0 Å². The zero-order valence-electron chi connectivity index (χ0n) is 13.2. The molecule has 0 spiro atoms. The summed E-state index contributed by atoms with van der Waals surface area (Å²) in [5.41, 5.74) is 1.40. The summed E-state index contributed by atoms with van der Waals surface area (Å²) in [5.74, 6) is 0. The Morgan fingerprint density at radius 2 is 1.86 bits per heavy atom. The molecule has 0 amide bonds. The van der Waals surface area contributed by atoms with Gasteiger partial charge in [0, 0.05) is 0 Å². The number of hydrogen-bond acceptors (Lipinski definition) is 4. The number of nitrogens with zero attached hydrogens (tertiary/aromatic N) is 4. The molecular formula is C17H25AsN4. The van der Waals surface area contributed by atoms with Crippen molar-refractivity contribution in [1.29, 1.82) is 0 Å². The molecule has 0 aromatic heterocycles. The Morgan fingerprint density at radius 3 is 2.59 bits per heavy atom. The maximum absolute atomic E-state index is 4.54. The molecule has 0 radical (unpaired) electrons. The quantitative estimate of drug-likeness (QED) is 0.735. The molecule has 2 atom stereocenters. The predicted octanol–water partition coefficient (Wildman–Crippen LogP) is 0.621. The van der Waals surface area contributed by atoms with Crippen LogP contribution in [0.2, 0.25) is 0 Å². The van der Waals surface area contributed by atoms with Gasteiger partial charge in [-0.1, -0.05) is 0 Å². The van der Waals surface area contributed by atoms with E-state index in [0.29, 0.717) is 6.17 Å². The van der Waals surface area contributed by atoms with Crippen LogP contribution in [-0.4, -0.2) is 82.1 Å². The van der Waals surface area contributed by atoms with Crippen LogP contribution in [0.15, 0.2) is 47.6 Å². The molecule has 1 aromatic rings. The average Bonchev–Trinajstić information content (AvgIpc) is 2.55. The van der Waals surface area contributed by atoms with Gasteiger partial charge < -0.3 is 0 Å². The Labute approximate surface area is 142 Å². The molecule has 0 aliphatic carbocycles. The summed E-state index contributed by atoms with van der Waals surface area (Å²) in [6, 6.07) is 10.7. The molecule has 4 nitrogen and oxygen atoms in total. The third kappa shape index (κ3) is 3.81. The summed E-state index contributed by atoms with van der Waals surface area (Å²) < 4.78 is 1.19. The topological polar surface area (TPSA) is 22.1 Å². The van der Waals surface area contributed by atoms with Gasteiger partial charge in [-0.25, -0.2) is 0 Å². The fourth-order valence-electron chi connectivity index (χ4n) is 3.06. The van der Waals surface area contributed by atoms with E-state index in [1.807, 2.05) is 6.20 Å². The Kier molecular flexibility index (Phi) is 5.35. The predicted molar refractivity (Wildman–Crippen MR) is 94.8 cm³/mol. The fourth-order valence-corrected chi connectivity index (χ4v) is 3.83. The molecule has 5 heteroatoms. The number of aliphatic imine (C=N–C) groups is 1. The second-order valence-corrected chi connectivity index (χ2v) is 7.09. The molecule has 1 aromatic carbocycles. The van der Waals surface area contributed by atoms with Gasteiger partial charge in [0.05, 0.1) is 0 Å². The van der Waals surface area contributed by atoms with Crippen molar-refractivity contribution in [3.05, 3.63) is 48.2 Å². The van der Waals surface area contributed by atoms with Crippen LogP contribution in [-0.2, 0) is 6.42 Å². The van der Waals surface area contributed by atoms with E-state index in [0.717, 1.165) is 39.1 Å². The average molecular weight is 360 g/mol. The number of rotatable bonds is 4. The van der Waals surface area contributed by atoms with E-state index in [9.17, 15) is 0 Å². The van der Waals surface area contributed by atoms with Crippen molar-refractivity contribution in [3.63, 3.8) is 0 Å². The van der Waals surface area contributed by atoms with Gasteiger partial charge in [-0.15, -0.1) is 0 Å². The summed E-state index contributed by atoms with van der Waals surface area (Å²) in [6.45, 7) is 5.60. The van der Waals surface area contributed by atoms with Crippen LogP contribution in [0.1, 0.15) is 5.56 Å². The molecule has 2 aliphatic rings. The Morgan fingerprint density at radius 1 is 1.14 bits per heavy atom. The van der Waals surface area contributed by atoms with E-state index in [4.69, 9.17) is 0 Å². The molecule has 1 saturated heterocycles. The van der Waals surface area contributed by atoms with Crippen LogP contribution in [0.5, 0.6) is 0 Å². The van der Waals surface area contributed by atoms with E-state index in [1.54, 1.807) is 16.9 Å². The van der Waals surface area contributed by atoms with Crippen LogP contribution in [0.3, 0.4) is 0 Å². The minimum absolute atomic E-state index is 0.372.